The van der Waals surface area contributed by atoms with Crippen LogP contribution in [-0.4, -0.2) is 16.7 Å². The number of benzene rings is 1. The van der Waals surface area contributed by atoms with E-state index in [4.69, 9.17) is 26.6 Å². The summed E-state index contributed by atoms with van der Waals surface area (Å²) in [6.45, 7) is 8.69. The van der Waals surface area contributed by atoms with Crippen molar-refractivity contribution < 1.29 is 9.26 Å². The number of hydrogen-bond donors (Lipinski definition) is 1. The van der Waals surface area contributed by atoms with Crippen molar-refractivity contribution in [3.8, 4) is 11.5 Å². The van der Waals surface area contributed by atoms with Crippen molar-refractivity contribution in [3.05, 3.63) is 29.0 Å². The summed E-state index contributed by atoms with van der Waals surface area (Å²) in [6.07, 6.45) is -0.260. The first kappa shape index (κ1) is 15.8. The third-order valence-corrected chi connectivity index (χ3v) is 3.37. The maximum Gasteiger partial charge on any atom is 0.261 e. The third kappa shape index (κ3) is 3.36. The molecule has 0 saturated carbocycles. The van der Waals surface area contributed by atoms with E-state index in [1.54, 1.807) is 18.2 Å². The van der Waals surface area contributed by atoms with Crippen molar-refractivity contribution in [1.82, 2.24) is 10.1 Å². The van der Waals surface area contributed by atoms with Crippen LogP contribution in [0, 0.1) is 5.41 Å². The normalized spacial score (nSPS) is 13.4. The number of halogens is 1. The molecule has 114 valence electrons. The Morgan fingerprint density at radius 2 is 2.10 bits per heavy atom. The highest BCUT2D eigenvalue weighted by atomic mass is 35.5. The quantitative estimate of drug-likeness (QED) is 0.861. The Morgan fingerprint density at radius 1 is 1.38 bits per heavy atom. The predicted molar refractivity (Wildman–Crippen MR) is 83.0 cm³/mol. The highest BCUT2D eigenvalue weighted by molar-refractivity contribution is 6.33. The average molecular weight is 310 g/mol. The fourth-order valence-electron chi connectivity index (χ4n) is 2.09. The van der Waals surface area contributed by atoms with Crippen molar-refractivity contribution in [2.24, 2.45) is 5.41 Å². The highest BCUT2D eigenvalue weighted by Gasteiger charge is 2.31. The Balaban J connectivity index is 2.41. The molecule has 1 aromatic heterocycles. The molecule has 2 rings (SSSR count). The number of nitrogens with two attached hydrogens (primary N) is 1. The van der Waals surface area contributed by atoms with E-state index in [0.29, 0.717) is 34.6 Å². The molecule has 2 N–H and O–H groups in total. The van der Waals surface area contributed by atoms with Gasteiger partial charge in [0.2, 0.25) is 5.82 Å². The summed E-state index contributed by atoms with van der Waals surface area (Å²) in [5.41, 5.74) is 6.85. The molecule has 0 aliphatic rings. The molecule has 0 fully saturated rings. The van der Waals surface area contributed by atoms with Gasteiger partial charge in [0.15, 0.2) is 0 Å². The molecule has 21 heavy (non-hydrogen) atoms. The van der Waals surface area contributed by atoms with E-state index in [0.717, 1.165) is 0 Å². The van der Waals surface area contributed by atoms with Gasteiger partial charge in [0, 0.05) is 12.3 Å². The summed E-state index contributed by atoms with van der Waals surface area (Å²) >= 11 is 6.16. The standard InChI is InChI=1S/C15H20ClN3O2/c1-5-20-12(15(2,3)4)13-18-14(21-19-13)11-9(16)7-6-8-10(11)17/h6-8,12H,5,17H2,1-4H3. The Bertz CT molecular complexity index is 599. The first-order valence-electron chi connectivity index (χ1n) is 6.84. The molecule has 1 unspecified atom stereocenters. The molecule has 0 spiro atoms. The van der Waals surface area contributed by atoms with Gasteiger partial charge >= 0.3 is 0 Å². The number of anilines is 1. The van der Waals surface area contributed by atoms with Gasteiger partial charge in [0.05, 0.1) is 10.6 Å². The van der Waals surface area contributed by atoms with Crippen LogP contribution in [0.15, 0.2) is 22.7 Å². The molecule has 0 amide bonds. The largest absolute Gasteiger partial charge is 0.398 e. The number of aromatic nitrogens is 2. The molecule has 1 atom stereocenters. The predicted octanol–water partition coefficient (Wildman–Crippen LogP) is 4.10. The fourth-order valence-corrected chi connectivity index (χ4v) is 2.35. The minimum Gasteiger partial charge on any atom is -0.398 e. The fraction of sp³-hybridized carbons (Fsp3) is 0.467. The summed E-state index contributed by atoms with van der Waals surface area (Å²) in [5, 5.41) is 4.52. The second-order valence-electron chi connectivity index (χ2n) is 5.86. The minimum atomic E-state index is -0.260. The van der Waals surface area contributed by atoms with Crippen LogP contribution in [0.25, 0.3) is 11.5 Å². The van der Waals surface area contributed by atoms with Crippen molar-refractivity contribution in [3.63, 3.8) is 0 Å². The van der Waals surface area contributed by atoms with E-state index in [1.165, 1.54) is 0 Å². The van der Waals surface area contributed by atoms with Gasteiger partial charge in [-0.05, 0) is 24.5 Å². The summed E-state index contributed by atoms with van der Waals surface area (Å²) < 4.78 is 11.1. The Hall–Kier alpha value is -1.59. The first-order valence-corrected chi connectivity index (χ1v) is 7.22. The molecule has 2 aromatic rings. The zero-order valence-electron chi connectivity index (χ0n) is 12.7. The van der Waals surface area contributed by atoms with Gasteiger partial charge in [0.1, 0.15) is 6.10 Å². The lowest BCUT2D eigenvalue weighted by Gasteiger charge is -2.27. The van der Waals surface area contributed by atoms with Crippen molar-refractivity contribution in [2.75, 3.05) is 12.3 Å². The molecular weight excluding hydrogens is 290 g/mol. The van der Waals surface area contributed by atoms with Crippen LogP contribution in [0.2, 0.25) is 5.02 Å². The minimum absolute atomic E-state index is 0.150. The van der Waals surface area contributed by atoms with Crippen LogP contribution in [0.5, 0.6) is 0 Å². The SMILES string of the molecule is CCOC(c1noc(-c2c(N)cccc2Cl)n1)C(C)(C)C. The lowest BCUT2D eigenvalue weighted by atomic mass is 9.88. The lowest BCUT2D eigenvalue weighted by Crippen LogP contribution is -2.22. The van der Waals surface area contributed by atoms with Crippen molar-refractivity contribution in [2.45, 2.75) is 33.8 Å². The number of nitrogens with zero attached hydrogens (tertiary/aromatic N) is 2. The molecule has 0 saturated heterocycles. The summed E-state index contributed by atoms with van der Waals surface area (Å²) in [6, 6.07) is 5.26. The van der Waals surface area contributed by atoms with Gasteiger partial charge in [-0.3, -0.25) is 0 Å². The van der Waals surface area contributed by atoms with Crippen LogP contribution < -0.4 is 5.73 Å². The topological polar surface area (TPSA) is 74.2 Å². The summed E-state index contributed by atoms with van der Waals surface area (Å²) in [7, 11) is 0. The van der Waals surface area contributed by atoms with E-state index in [-0.39, 0.29) is 11.5 Å². The molecule has 1 aromatic carbocycles. The number of rotatable bonds is 4. The van der Waals surface area contributed by atoms with E-state index in [9.17, 15) is 0 Å². The van der Waals surface area contributed by atoms with Crippen LogP contribution in [0.4, 0.5) is 5.69 Å². The van der Waals surface area contributed by atoms with Crippen LogP contribution in [-0.2, 0) is 4.74 Å². The molecule has 5 nitrogen and oxygen atoms in total. The number of nitrogen functional groups attached to an aromatic ring is 1. The Labute approximate surface area is 129 Å². The van der Waals surface area contributed by atoms with Gasteiger partial charge in [-0.15, -0.1) is 0 Å². The van der Waals surface area contributed by atoms with Gasteiger partial charge in [-0.2, -0.15) is 4.98 Å². The second kappa shape index (κ2) is 6.03. The summed E-state index contributed by atoms with van der Waals surface area (Å²) in [5.74, 6) is 0.806. The third-order valence-electron chi connectivity index (χ3n) is 3.06. The monoisotopic (exact) mass is 309 g/mol. The number of ether oxygens (including phenoxy) is 1. The van der Waals surface area contributed by atoms with Crippen molar-refractivity contribution >= 4 is 17.3 Å². The van der Waals surface area contributed by atoms with Gasteiger partial charge in [-0.1, -0.05) is 43.6 Å². The van der Waals surface area contributed by atoms with Crippen LogP contribution in [0.1, 0.15) is 39.6 Å². The maximum absolute atomic E-state index is 6.16. The van der Waals surface area contributed by atoms with Crippen LogP contribution in [0.3, 0.4) is 0 Å². The van der Waals surface area contributed by atoms with E-state index in [1.807, 2.05) is 6.92 Å². The highest BCUT2D eigenvalue weighted by Crippen LogP contribution is 2.37. The zero-order chi connectivity index (χ0) is 15.6. The van der Waals surface area contributed by atoms with E-state index in [2.05, 4.69) is 30.9 Å². The lowest BCUT2D eigenvalue weighted by molar-refractivity contribution is -0.0203. The second-order valence-corrected chi connectivity index (χ2v) is 6.27. The maximum atomic E-state index is 6.16. The Morgan fingerprint density at radius 3 is 2.67 bits per heavy atom. The molecule has 0 bridgehead atoms. The van der Waals surface area contributed by atoms with E-state index < -0.39 is 0 Å². The molecule has 0 radical (unpaired) electrons. The molecule has 1 heterocycles. The smallest absolute Gasteiger partial charge is 0.261 e. The summed E-state index contributed by atoms with van der Waals surface area (Å²) in [4.78, 5) is 4.42. The average Bonchev–Trinajstić information content (AvgIpc) is 2.83. The zero-order valence-corrected chi connectivity index (χ0v) is 13.4. The first-order chi connectivity index (χ1) is 9.84. The molecular formula is C15H20ClN3O2. The van der Waals surface area contributed by atoms with Crippen LogP contribution >= 0.6 is 11.6 Å². The van der Waals surface area contributed by atoms with Gasteiger partial charge in [-0.25, -0.2) is 0 Å². The number of hydrogen-bond acceptors (Lipinski definition) is 5. The van der Waals surface area contributed by atoms with Crippen molar-refractivity contribution in [1.29, 1.82) is 0 Å². The molecule has 0 aliphatic carbocycles. The van der Waals surface area contributed by atoms with Gasteiger partial charge < -0.3 is 15.0 Å². The Kier molecular flexibility index (Phi) is 4.54. The van der Waals surface area contributed by atoms with Gasteiger partial charge in [0.25, 0.3) is 5.89 Å². The molecule has 0 aliphatic heterocycles. The molecule has 6 heteroatoms. The van der Waals surface area contributed by atoms with E-state index >= 15 is 0 Å².